The Kier molecular flexibility index (Phi) is 2.78. The molecule has 4 nitrogen and oxygen atoms in total. The molecule has 0 amide bonds. The second-order valence-electron chi connectivity index (χ2n) is 5.08. The average Bonchev–Trinajstić information content (AvgIpc) is 3.23. The molecule has 0 saturated carbocycles. The van der Waals surface area contributed by atoms with Gasteiger partial charge in [-0.05, 0) is 0 Å². The van der Waals surface area contributed by atoms with Crippen LogP contribution in [0.25, 0.3) is 0 Å². The Labute approximate surface area is 137 Å². The number of carbonyl (C=O) groups is 2. The molecule has 3 heterocycles. The number of alkyl halides is 2. The van der Waals surface area contributed by atoms with Crippen molar-refractivity contribution in [2.75, 3.05) is 0 Å². The first-order valence-corrected chi connectivity index (χ1v) is 10.7. The van der Waals surface area contributed by atoms with E-state index in [2.05, 4.69) is 32.9 Å². The van der Waals surface area contributed by atoms with Gasteiger partial charge in [-0.2, -0.15) is 0 Å². The molecule has 8 heteroatoms. The number of para-hydroxylation sites is 1. The van der Waals surface area contributed by atoms with Crippen molar-refractivity contribution in [1.82, 2.24) is 0 Å². The predicted molar refractivity (Wildman–Crippen MR) is 91.6 cm³/mol. The van der Waals surface area contributed by atoms with Crippen LogP contribution in [0.4, 0.5) is 0 Å². The van der Waals surface area contributed by atoms with Crippen molar-refractivity contribution in [3.63, 3.8) is 0 Å². The number of esters is 2. The minimum absolute atomic E-state index is 0.0383. The van der Waals surface area contributed by atoms with E-state index in [9.17, 15) is 9.59 Å². The molecule has 2 saturated heterocycles. The van der Waals surface area contributed by atoms with Crippen LogP contribution >= 0.6 is 42.0 Å². The van der Waals surface area contributed by atoms with Crippen molar-refractivity contribution in [2.24, 2.45) is 0 Å². The zero-order valence-corrected chi connectivity index (χ0v) is 14.7. The van der Waals surface area contributed by atoms with Crippen LogP contribution in [0.5, 0.6) is 5.75 Å². The fourth-order valence-corrected chi connectivity index (χ4v) is 11.6. The quantitative estimate of drug-likeness (QED) is 0.213. The molecule has 0 bridgehead atoms. The normalized spacial score (nSPS) is 28.0. The Morgan fingerprint density at radius 1 is 1.50 bits per heavy atom. The molecule has 3 aliphatic heterocycles. The van der Waals surface area contributed by atoms with Gasteiger partial charge in [0.1, 0.15) is 0 Å². The molecule has 3 aliphatic rings. The van der Waals surface area contributed by atoms with E-state index in [1.165, 1.54) is 0 Å². The van der Waals surface area contributed by atoms with Gasteiger partial charge in [0.05, 0.1) is 0 Å². The standard InChI is InChI=1S/C12H8B2I2O4/c1-11(15,12-13-16(12)14-12)10(18)20-8-6-4-2-3-5-7(6)19-9(8)17/h2-5,8H,1H3. The van der Waals surface area contributed by atoms with E-state index in [1.807, 2.05) is 6.92 Å². The van der Waals surface area contributed by atoms with E-state index >= 15 is 0 Å². The van der Waals surface area contributed by atoms with Gasteiger partial charge in [0, 0.05) is 0 Å². The van der Waals surface area contributed by atoms with Crippen molar-refractivity contribution in [1.29, 1.82) is 0 Å². The molecule has 4 rings (SSSR count). The molecule has 100 valence electrons. The van der Waals surface area contributed by atoms with E-state index in [1.54, 1.807) is 24.3 Å². The van der Waals surface area contributed by atoms with Gasteiger partial charge in [0.2, 0.25) is 0 Å². The summed E-state index contributed by atoms with van der Waals surface area (Å²) in [4.78, 5) is 24.3. The third kappa shape index (κ3) is 1.72. The number of hydrogen-bond donors (Lipinski definition) is 0. The number of hydrogen-bond acceptors (Lipinski definition) is 4. The molecular weight excluding hydrogens is 484 g/mol. The molecule has 2 radical (unpaired) electrons. The zero-order valence-electron chi connectivity index (χ0n) is 10.4. The summed E-state index contributed by atoms with van der Waals surface area (Å²) in [5.74, 6) is -0.367. The summed E-state index contributed by atoms with van der Waals surface area (Å²) in [7, 11) is 0. The average molecular weight is 492 g/mol. The van der Waals surface area contributed by atoms with E-state index in [0.29, 0.717) is 11.3 Å². The molecule has 2 fully saturated rings. The molecule has 20 heavy (non-hydrogen) atoms. The number of benzene rings is 1. The van der Waals surface area contributed by atoms with Crippen LogP contribution in [0.15, 0.2) is 24.3 Å². The first kappa shape index (κ1) is 13.4. The summed E-state index contributed by atoms with van der Waals surface area (Å²) in [6, 6.07) is 7.05. The number of carbonyl (C=O) groups excluding carboxylic acids is 2. The Hall–Kier alpha value is -0.250. The second kappa shape index (κ2) is 4.15. The molecule has 0 aliphatic carbocycles. The van der Waals surface area contributed by atoms with Crippen LogP contribution in [0.3, 0.4) is 0 Å². The van der Waals surface area contributed by atoms with Crippen molar-refractivity contribution in [3.8, 4) is 5.75 Å². The van der Waals surface area contributed by atoms with Gasteiger partial charge in [-0.15, -0.1) is 0 Å². The van der Waals surface area contributed by atoms with Crippen LogP contribution in [-0.4, -0.2) is 28.9 Å². The van der Waals surface area contributed by atoms with E-state index in [4.69, 9.17) is 9.47 Å². The maximum absolute atomic E-state index is 12.4. The van der Waals surface area contributed by atoms with E-state index in [0.717, 1.165) is 0 Å². The van der Waals surface area contributed by atoms with Crippen LogP contribution in [0.2, 0.25) is 0 Å². The monoisotopic (exact) mass is 492 g/mol. The number of ether oxygens (including phenoxy) is 2. The van der Waals surface area contributed by atoms with Crippen LogP contribution < -0.4 is 4.74 Å². The topological polar surface area (TPSA) is 52.6 Å². The van der Waals surface area contributed by atoms with E-state index in [-0.39, 0.29) is 9.19 Å². The van der Waals surface area contributed by atoms with Gasteiger partial charge >= 0.3 is 138 Å². The number of rotatable bonds is 3. The maximum atomic E-state index is 12.4. The van der Waals surface area contributed by atoms with Gasteiger partial charge in [-0.25, -0.2) is 0 Å². The second-order valence-corrected chi connectivity index (χ2v) is 12.2. The molecular formula is C12H8B2I2O4. The summed E-state index contributed by atoms with van der Waals surface area (Å²) < 4.78 is 10.0. The van der Waals surface area contributed by atoms with Crippen molar-refractivity contribution < 1.29 is 19.1 Å². The molecule has 1 aromatic carbocycles. The zero-order chi connectivity index (χ0) is 14.1. The number of halogens is 2. The molecule has 2 unspecified atom stereocenters. The van der Waals surface area contributed by atoms with Crippen molar-refractivity contribution in [3.05, 3.63) is 29.8 Å². The summed E-state index contributed by atoms with van der Waals surface area (Å²) in [5, 5.41) is 4.57. The summed E-state index contributed by atoms with van der Waals surface area (Å²) in [6.45, 7) is 1.89. The predicted octanol–water partition coefficient (Wildman–Crippen LogP) is 1.81. The molecule has 0 N–H and O–H groups in total. The molecule has 1 aromatic rings. The minimum atomic E-state index is -1.01. The fraction of sp³-hybridized carbons (Fsp3) is 0.333. The SMILES string of the molecule is CC(I)(C(=O)OC1C(=O)Oc2ccccc21)C12[B]I1[B]2. The van der Waals surface area contributed by atoms with Gasteiger partial charge in [0.25, 0.3) is 0 Å². The van der Waals surface area contributed by atoms with Crippen molar-refractivity contribution >= 4 is 64.2 Å². The van der Waals surface area contributed by atoms with Crippen molar-refractivity contribution in [2.45, 2.75) is 19.7 Å². The van der Waals surface area contributed by atoms with Crippen LogP contribution in [0.1, 0.15) is 18.6 Å². The fourth-order valence-electron chi connectivity index (χ4n) is 2.27. The summed E-state index contributed by atoms with van der Waals surface area (Å²) in [6.07, 6.45) is -0.927. The summed E-state index contributed by atoms with van der Waals surface area (Å²) >= 11 is 1.15. The Morgan fingerprint density at radius 3 is 2.80 bits per heavy atom. The Morgan fingerprint density at radius 2 is 2.15 bits per heavy atom. The third-order valence-electron chi connectivity index (χ3n) is 3.77. The van der Waals surface area contributed by atoms with Crippen LogP contribution in [-0.2, 0) is 14.3 Å². The Balaban J connectivity index is 1.57. The van der Waals surface area contributed by atoms with Gasteiger partial charge in [-0.1, -0.05) is 0 Å². The molecule has 0 spiro atoms. The Bertz CT molecular complexity index is 642. The molecule has 2 atom stereocenters. The van der Waals surface area contributed by atoms with Gasteiger partial charge in [-0.3, -0.25) is 0 Å². The third-order valence-corrected chi connectivity index (χ3v) is 11.9. The van der Waals surface area contributed by atoms with Gasteiger partial charge < -0.3 is 0 Å². The summed E-state index contributed by atoms with van der Waals surface area (Å²) in [5.41, 5.74) is 0.630. The molecule has 0 aromatic heterocycles. The number of fused-ring (bicyclic) bond motifs is 2. The first-order chi connectivity index (χ1) is 9.46. The first-order valence-electron chi connectivity index (χ1n) is 6.05. The van der Waals surface area contributed by atoms with E-state index < -0.39 is 34.9 Å². The van der Waals surface area contributed by atoms with Crippen LogP contribution in [0, 0.1) is 0 Å². The van der Waals surface area contributed by atoms with Gasteiger partial charge in [0.15, 0.2) is 0 Å².